The van der Waals surface area contributed by atoms with Crippen molar-refractivity contribution in [1.29, 1.82) is 0 Å². The van der Waals surface area contributed by atoms with Gasteiger partial charge >= 0.3 is 5.97 Å². The van der Waals surface area contributed by atoms with Gasteiger partial charge in [0.05, 0.1) is 5.92 Å². The van der Waals surface area contributed by atoms with E-state index in [9.17, 15) is 14.7 Å². The number of hydrogen-bond acceptors (Lipinski definition) is 4. The Balaban J connectivity index is 1.61. The van der Waals surface area contributed by atoms with Gasteiger partial charge in [-0.15, -0.1) is 11.3 Å². The highest BCUT2D eigenvalue weighted by molar-refractivity contribution is 7.15. The number of amides is 1. The van der Waals surface area contributed by atoms with E-state index < -0.39 is 17.9 Å². The topological polar surface area (TPSA) is 92.4 Å². The highest BCUT2D eigenvalue weighted by Crippen LogP contribution is 2.38. The Morgan fingerprint density at radius 3 is 2.54 bits per heavy atom. The summed E-state index contributed by atoms with van der Waals surface area (Å²) in [6.07, 6.45) is 0.543. The van der Waals surface area contributed by atoms with Gasteiger partial charge in [-0.25, -0.2) is 4.79 Å². The van der Waals surface area contributed by atoms with Crippen LogP contribution in [0.2, 0.25) is 5.02 Å². The molecule has 0 radical (unpaired) electrons. The van der Waals surface area contributed by atoms with Crippen molar-refractivity contribution in [2.45, 2.75) is 12.5 Å². The molecule has 0 spiro atoms. The van der Waals surface area contributed by atoms with Crippen LogP contribution in [0, 0.1) is 5.92 Å². The molecule has 0 fully saturated rings. The van der Waals surface area contributed by atoms with E-state index in [4.69, 9.17) is 17.3 Å². The first-order valence-electron chi connectivity index (χ1n) is 8.70. The molecule has 4 N–H and O–H groups in total. The molecular weight excluding hydrogens is 396 g/mol. The van der Waals surface area contributed by atoms with E-state index in [1.807, 2.05) is 24.3 Å². The number of halogens is 1. The summed E-state index contributed by atoms with van der Waals surface area (Å²) >= 11 is 7.11. The van der Waals surface area contributed by atoms with E-state index >= 15 is 0 Å². The third-order valence-corrected chi connectivity index (χ3v) is 6.17. The summed E-state index contributed by atoms with van der Waals surface area (Å²) < 4.78 is 0. The molecule has 4 rings (SSSR count). The second-order valence-corrected chi connectivity index (χ2v) is 8.01. The third-order valence-electron chi connectivity index (χ3n) is 5.02. The largest absolute Gasteiger partial charge is 0.478 e. The Kier molecular flexibility index (Phi) is 4.93. The van der Waals surface area contributed by atoms with Gasteiger partial charge in [0.25, 0.3) is 0 Å². The molecule has 2 aromatic carbocycles. The summed E-state index contributed by atoms with van der Waals surface area (Å²) in [6, 6.07) is 14.2. The van der Waals surface area contributed by atoms with Crippen LogP contribution < -0.4 is 11.1 Å². The minimum atomic E-state index is -1.10. The van der Waals surface area contributed by atoms with Gasteiger partial charge in [-0.3, -0.25) is 4.79 Å². The van der Waals surface area contributed by atoms with Crippen LogP contribution in [0.4, 0.5) is 5.00 Å². The fourth-order valence-corrected chi connectivity index (χ4v) is 4.68. The lowest BCUT2D eigenvalue weighted by atomic mass is 10.0. The molecule has 0 aliphatic heterocycles. The predicted molar refractivity (Wildman–Crippen MR) is 111 cm³/mol. The zero-order valence-electron chi connectivity index (χ0n) is 14.7. The molecule has 3 aromatic rings. The van der Waals surface area contributed by atoms with Crippen LogP contribution in [0.5, 0.6) is 0 Å². The molecule has 2 atom stereocenters. The van der Waals surface area contributed by atoms with Crippen LogP contribution >= 0.6 is 22.9 Å². The second-order valence-electron chi connectivity index (χ2n) is 6.69. The number of fused-ring (bicyclic) bond motifs is 1. The van der Waals surface area contributed by atoms with Gasteiger partial charge in [0.1, 0.15) is 10.6 Å². The van der Waals surface area contributed by atoms with E-state index in [2.05, 4.69) is 5.32 Å². The number of carboxylic acids is 1. The minimum Gasteiger partial charge on any atom is -0.478 e. The van der Waals surface area contributed by atoms with Gasteiger partial charge in [-0.05, 0) is 35.2 Å². The molecule has 1 aromatic heterocycles. The zero-order chi connectivity index (χ0) is 19.8. The molecule has 0 bridgehead atoms. The van der Waals surface area contributed by atoms with Crippen molar-refractivity contribution in [3.8, 4) is 11.1 Å². The molecule has 1 amide bonds. The molecule has 1 heterocycles. The number of carboxylic acid groups (broad SMARTS) is 1. The van der Waals surface area contributed by atoms with Crippen molar-refractivity contribution in [3.63, 3.8) is 0 Å². The average molecular weight is 413 g/mol. The van der Waals surface area contributed by atoms with E-state index in [0.717, 1.165) is 16.7 Å². The number of carbonyl (C=O) groups excluding carboxylic acids is 1. The second kappa shape index (κ2) is 7.39. The zero-order valence-corrected chi connectivity index (χ0v) is 16.3. The van der Waals surface area contributed by atoms with Crippen LogP contribution in [-0.4, -0.2) is 17.0 Å². The van der Waals surface area contributed by atoms with E-state index in [1.54, 1.807) is 29.6 Å². The van der Waals surface area contributed by atoms with E-state index in [0.29, 0.717) is 22.0 Å². The lowest BCUT2D eigenvalue weighted by molar-refractivity contribution is -0.120. The molecule has 1 aliphatic rings. The van der Waals surface area contributed by atoms with E-state index in [-0.39, 0.29) is 11.5 Å². The summed E-state index contributed by atoms with van der Waals surface area (Å²) in [6.45, 7) is 0. The molecule has 2 unspecified atom stereocenters. The molecule has 0 saturated heterocycles. The predicted octanol–water partition coefficient (Wildman–Crippen LogP) is 4.58. The maximum Gasteiger partial charge on any atom is 0.339 e. The molecule has 7 heteroatoms. The third kappa shape index (κ3) is 3.30. The number of rotatable bonds is 4. The fraction of sp³-hybridized carbons (Fsp3) is 0.143. The number of anilines is 1. The first-order valence-corrected chi connectivity index (χ1v) is 9.96. The standard InChI is InChI=1S/C21H17ClN2O3S/c22-13-7-5-11(6-8-13)16-10-28-20(17(16)21(26)27)24-19(25)15-9-12-3-1-2-4-14(12)18(15)23/h1-8,10,15,18H,9,23H2,(H,24,25)(H,26,27). The SMILES string of the molecule is NC1c2ccccc2CC1C(=O)Nc1scc(-c2ccc(Cl)cc2)c1C(=O)O. The van der Waals surface area contributed by atoms with Crippen LogP contribution in [0.3, 0.4) is 0 Å². The summed E-state index contributed by atoms with van der Waals surface area (Å²) in [5.74, 6) is -1.80. The van der Waals surface area contributed by atoms with Gasteiger partial charge in [0.15, 0.2) is 0 Å². The minimum absolute atomic E-state index is 0.0738. The van der Waals surface area contributed by atoms with Crippen molar-refractivity contribution in [3.05, 3.63) is 75.6 Å². The molecule has 28 heavy (non-hydrogen) atoms. The Labute approximate surface area is 170 Å². The van der Waals surface area contributed by atoms with Crippen molar-refractivity contribution in [2.24, 2.45) is 11.7 Å². The van der Waals surface area contributed by atoms with Crippen molar-refractivity contribution >= 4 is 39.8 Å². The highest BCUT2D eigenvalue weighted by atomic mass is 35.5. The Hall–Kier alpha value is -2.67. The van der Waals surface area contributed by atoms with Gasteiger partial charge in [-0.2, -0.15) is 0 Å². The molecule has 142 valence electrons. The van der Waals surface area contributed by atoms with E-state index in [1.165, 1.54) is 11.3 Å². The van der Waals surface area contributed by atoms with Crippen molar-refractivity contribution < 1.29 is 14.7 Å². The summed E-state index contributed by atoms with van der Waals surface area (Å²) in [5.41, 5.74) is 9.64. The normalized spacial score (nSPS) is 17.9. The van der Waals surface area contributed by atoms with Gasteiger partial charge < -0.3 is 16.2 Å². The number of carbonyl (C=O) groups is 2. The average Bonchev–Trinajstić information content (AvgIpc) is 3.24. The monoisotopic (exact) mass is 412 g/mol. The Morgan fingerprint density at radius 2 is 1.86 bits per heavy atom. The van der Waals surface area contributed by atoms with Crippen LogP contribution in [0.25, 0.3) is 11.1 Å². The lowest BCUT2D eigenvalue weighted by Gasteiger charge is -2.15. The summed E-state index contributed by atoms with van der Waals surface area (Å²) in [4.78, 5) is 24.8. The quantitative estimate of drug-likeness (QED) is 0.584. The van der Waals surface area contributed by atoms with Crippen molar-refractivity contribution in [1.82, 2.24) is 0 Å². The van der Waals surface area contributed by atoms with Crippen molar-refractivity contribution in [2.75, 3.05) is 5.32 Å². The molecule has 0 saturated carbocycles. The first kappa shape index (κ1) is 18.7. The molecule has 5 nitrogen and oxygen atoms in total. The Bertz CT molecular complexity index is 1060. The number of benzene rings is 2. The number of nitrogens with one attached hydrogen (secondary N) is 1. The fourth-order valence-electron chi connectivity index (χ4n) is 3.59. The number of hydrogen-bond donors (Lipinski definition) is 3. The number of aromatic carboxylic acids is 1. The highest BCUT2D eigenvalue weighted by Gasteiger charge is 2.35. The summed E-state index contributed by atoms with van der Waals surface area (Å²) in [5, 5.41) is 15.1. The Morgan fingerprint density at radius 1 is 1.14 bits per heavy atom. The maximum absolute atomic E-state index is 12.9. The first-order chi connectivity index (χ1) is 13.5. The van der Waals surface area contributed by atoms with Crippen LogP contribution in [0.15, 0.2) is 53.9 Å². The lowest BCUT2D eigenvalue weighted by Crippen LogP contribution is -2.30. The summed E-state index contributed by atoms with van der Waals surface area (Å²) in [7, 11) is 0. The van der Waals surface area contributed by atoms with Crippen LogP contribution in [-0.2, 0) is 11.2 Å². The van der Waals surface area contributed by atoms with Gasteiger partial charge in [0.2, 0.25) is 5.91 Å². The molecule has 1 aliphatic carbocycles. The molecular formula is C21H17ClN2O3S. The maximum atomic E-state index is 12.9. The van der Waals surface area contributed by atoms with Gasteiger partial charge in [0, 0.05) is 22.0 Å². The smallest absolute Gasteiger partial charge is 0.339 e. The number of nitrogens with two attached hydrogens (primary N) is 1. The van der Waals surface area contributed by atoms with Crippen LogP contribution in [0.1, 0.15) is 27.5 Å². The number of thiophene rings is 1. The van der Waals surface area contributed by atoms with Gasteiger partial charge in [-0.1, -0.05) is 48.0 Å².